The Kier molecular flexibility index (Phi) is 36.6. The zero-order valence-corrected chi connectivity index (χ0v) is 21.3. The van der Waals surface area contributed by atoms with E-state index in [9.17, 15) is 0 Å². The molecule has 0 atom stereocenters. The van der Waals surface area contributed by atoms with Crippen molar-refractivity contribution in [3.8, 4) is 0 Å². The number of hydrogen-bond donors (Lipinski definition) is 1. The van der Waals surface area contributed by atoms with Gasteiger partial charge in [-0.25, -0.2) is 0 Å². The van der Waals surface area contributed by atoms with Crippen LogP contribution in [0.3, 0.4) is 0 Å². The molecule has 0 heterocycles. The van der Waals surface area contributed by atoms with Crippen LogP contribution in [0.5, 0.6) is 0 Å². The number of rotatable bonds is 13. The topological polar surface area (TPSA) is 83.4 Å². The fourth-order valence-corrected chi connectivity index (χ4v) is 2.19. The quantitative estimate of drug-likeness (QED) is 0.214. The first-order chi connectivity index (χ1) is 9.91. The van der Waals surface area contributed by atoms with Crippen molar-refractivity contribution in [2.75, 3.05) is 0 Å². The molecule has 0 aliphatic rings. The van der Waals surface area contributed by atoms with Crippen LogP contribution in [0.1, 0.15) is 96.8 Å². The third-order valence-electron chi connectivity index (χ3n) is 3.35. The summed E-state index contributed by atoms with van der Waals surface area (Å²) in [6.45, 7) is 6.16. The molecular weight excluding hydrogens is 376 g/mol. The molecule has 23 heavy (non-hydrogen) atoms. The van der Waals surface area contributed by atoms with Crippen LogP contribution in [0.2, 0.25) is 0 Å². The summed E-state index contributed by atoms with van der Waals surface area (Å²) in [4.78, 5) is 24.3. The van der Waals surface area contributed by atoms with Crippen molar-refractivity contribution in [3.63, 3.8) is 0 Å². The van der Waals surface area contributed by atoms with Crippen molar-refractivity contribution in [2.24, 2.45) is 0 Å². The van der Waals surface area contributed by atoms with Crippen LogP contribution >= 0.6 is 7.82 Å². The molecule has 0 bridgehead atoms. The molecule has 7 heteroatoms. The van der Waals surface area contributed by atoms with E-state index in [0.717, 1.165) is 6.42 Å². The summed E-state index contributed by atoms with van der Waals surface area (Å²) in [5.41, 5.74) is 0. The Labute approximate surface area is 178 Å². The molecule has 0 aliphatic carbocycles. The largest absolute Gasteiger partial charge is 2.00 e. The molecule has 0 radical (unpaired) electrons. The van der Waals surface area contributed by atoms with Crippen LogP contribution in [-0.2, 0) is 24.0 Å². The smallest absolute Gasteiger partial charge is 0.790 e. The minimum atomic E-state index is -5.14. The third-order valence-corrected chi connectivity index (χ3v) is 3.35. The SMILES string of the molecule is O=P([O-])([O-])O.[CH2-]CCCCCCCCCCCCCCC.[Na+].[Zn+2]. The molecule has 0 aromatic rings. The van der Waals surface area contributed by atoms with Crippen LogP contribution in [0.25, 0.3) is 0 Å². The van der Waals surface area contributed by atoms with Gasteiger partial charge in [0, 0.05) is 0 Å². The Morgan fingerprint density at radius 1 is 0.783 bits per heavy atom. The van der Waals surface area contributed by atoms with Gasteiger partial charge in [-0.05, 0) is 0 Å². The van der Waals surface area contributed by atoms with Gasteiger partial charge in [-0.3, -0.25) is 0 Å². The fourth-order valence-electron chi connectivity index (χ4n) is 2.19. The van der Waals surface area contributed by atoms with Gasteiger partial charge in [-0.2, -0.15) is 6.42 Å². The molecule has 130 valence electrons. The second kappa shape index (κ2) is 26.0. The summed E-state index contributed by atoms with van der Waals surface area (Å²) in [6, 6.07) is 0. The zero-order valence-electron chi connectivity index (χ0n) is 15.4. The maximum Gasteiger partial charge on any atom is 2.00 e. The first-order valence-corrected chi connectivity index (χ1v) is 9.95. The molecule has 0 amide bonds. The average Bonchev–Trinajstić information content (AvgIpc) is 2.38. The molecule has 1 N–H and O–H groups in total. The van der Waals surface area contributed by atoms with Gasteiger partial charge in [-0.15, -0.1) is 0 Å². The van der Waals surface area contributed by atoms with E-state index >= 15 is 0 Å². The van der Waals surface area contributed by atoms with Crippen LogP contribution in [-0.4, -0.2) is 4.89 Å². The van der Waals surface area contributed by atoms with Crippen LogP contribution in [0, 0.1) is 6.92 Å². The van der Waals surface area contributed by atoms with E-state index in [-0.39, 0.29) is 49.0 Å². The molecule has 0 rings (SSSR count). The standard InChI is InChI=1S/C16H33.Na.H3O4P.Zn/c1-3-5-7-9-11-13-15-16-14-12-10-8-6-4-2;;1-5(2,3)4;/h1,3-16H2,2H3;;(H3,1,2,3,4);/q-1;+1;;+2/p-2. The van der Waals surface area contributed by atoms with Gasteiger partial charge >= 0.3 is 49.0 Å². The predicted octanol–water partition coefficient (Wildman–Crippen LogP) is 1.11. The van der Waals surface area contributed by atoms with Crippen molar-refractivity contribution < 1.29 is 68.3 Å². The predicted molar refractivity (Wildman–Crippen MR) is 85.5 cm³/mol. The van der Waals surface area contributed by atoms with Gasteiger partial charge in [0.1, 0.15) is 0 Å². The van der Waals surface area contributed by atoms with Crippen molar-refractivity contribution in [3.05, 3.63) is 6.92 Å². The van der Waals surface area contributed by atoms with Gasteiger partial charge in [0.2, 0.25) is 0 Å². The minimum Gasteiger partial charge on any atom is -0.790 e. The molecule has 4 nitrogen and oxygen atoms in total. The van der Waals surface area contributed by atoms with Crippen LogP contribution in [0.15, 0.2) is 0 Å². The van der Waals surface area contributed by atoms with E-state index in [1.165, 1.54) is 83.5 Å². The maximum absolute atomic E-state index is 8.66. The molecular formula is C16H34NaO4PZn. The Morgan fingerprint density at radius 2 is 1.00 bits per heavy atom. The van der Waals surface area contributed by atoms with Crippen molar-refractivity contribution >= 4 is 7.82 Å². The minimum absolute atomic E-state index is 0. The second-order valence-electron chi connectivity index (χ2n) is 5.56. The Hall–Kier alpha value is 1.73. The molecule has 0 saturated heterocycles. The van der Waals surface area contributed by atoms with Crippen molar-refractivity contribution in [1.29, 1.82) is 0 Å². The normalized spacial score (nSPS) is 10.1. The van der Waals surface area contributed by atoms with Crippen LogP contribution < -0.4 is 39.3 Å². The summed E-state index contributed by atoms with van der Waals surface area (Å²) in [7, 11) is -5.14. The summed E-state index contributed by atoms with van der Waals surface area (Å²) >= 11 is 0. The van der Waals surface area contributed by atoms with Gasteiger partial charge in [0.25, 0.3) is 0 Å². The molecule has 0 aromatic carbocycles. The molecule has 0 saturated carbocycles. The zero-order chi connectivity index (χ0) is 16.4. The van der Waals surface area contributed by atoms with Gasteiger partial charge < -0.3 is 26.2 Å². The molecule has 0 fully saturated rings. The summed E-state index contributed by atoms with van der Waals surface area (Å²) in [5, 5.41) is 0. The van der Waals surface area contributed by atoms with E-state index in [2.05, 4.69) is 13.8 Å². The van der Waals surface area contributed by atoms with Crippen LogP contribution in [0.4, 0.5) is 0 Å². The van der Waals surface area contributed by atoms with E-state index < -0.39 is 7.82 Å². The number of hydrogen-bond acceptors (Lipinski definition) is 3. The van der Waals surface area contributed by atoms with E-state index in [0.29, 0.717) is 0 Å². The summed E-state index contributed by atoms with van der Waals surface area (Å²) in [5.74, 6) is 0. The van der Waals surface area contributed by atoms with Gasteiger partial charge in [-0.1, -0.05) is 90.4 Å². The molecule has 0 aliphatic heterocycles. The van der Waals surface area contributed by atoms with Crippen molar-refractivity contribution in [2.45, 2.75) is 96.8 Å². The first-order valence-electron chi connectivity index (χ1n) is 8.45. The monoisotopic (exact) mass is 408 g/mol. The van der Waals surface area contributed by atoms with Crippen molar-refractivity contribution in [1.82, 2.24) is 0 Å². The molecule has 0 unspecified atom stereocenters. The second-order valence-corrected chi connectivity index (χ2v) is 6.50. The average molecular weight is 410 g/mol. The van der Waals surface area contributed by atoms with E-state index in [1.807, 2.05) is 0 Å². The Balaban J connectivity index is -0.000000225. The van der Waals surface area contributed by atoms with Gasteiger partial charge in [0.15, 0.2) is 0 Å². The Bertz CT molecular complexity index is 218. The molecule has 0 aromatic heterocycles. The molecule has 0 spiro atoms. The van der Waals surface area contributed by atoms with E-state index in [4.69, 9.17) is 19.2 Å². The summed E-state index contributed by atoms with van der Waals surface area (Å²) < 4.78 is 8.66. The first kappa shape index (κ1) is 32.4. The number of unbranched alkanes of at least 4 members (excludes halogenated alkanes) is 13. The maximum atomic E-state index is 8.66. The van der Waals surface area contributed by atoms with Gasteiger partial charge in [0.05, 0.1) is 7.82 Å². The summed E-state index contributed by atoms with van der Waals surface area (Å²) in [6.07, 6.45) is 19.8. The number of phosphoric acid groups is 1. The fraction of sp³-hybridized carbons (Fsp3) is 0.938. The van der Waals surface area contributed by atoms with E-state index in [1.54, 1.807) is 0 Å². The Morgan fingerprint density at radius 3 is 1.22 bits per heavy atom. The third kappa shape index (κ3) is 51.6.